The fraction of sp³-hybridized carbons (Fsp3) is 0.231. The van der Waals surface area contributed by atoms with E-state index in [0.717, 1.165) is 4.88 Å². The Morgan fingerprint density at radius 1 is 1.41 bits per heavy atom. The lowest BCUT2D eigenvalue weighted by Crippen LogP contribution is -1.98. The minimum absolute atomic E-state index is 0.493. The van der Waals surface area contributed by atoms with Crippen molar-refractivity contribution >= 4 is 34.7 Å². The summed E-state index contributed by atoms with van der Waals surface area (Å²) in [6.45, 7) is 2.07. The van der Waals surface area contributed by atoms with Crippen LogP contribution in [0.5, 0.6) is 0 Å². The lowest BCUT2D eigenvalue weighted by atomic mass is 10.2. The van der Waals surface area contributed by atoms with E-state index in [2.05, 4.69) is 25.1 Å². The molecule has 1 atom stereocenters. The van der Waals surface area contributed by atoms with Crippen LogP contribution in [-0.4, -0.2) is 10.9 Å². The number of thiophene rings is 1. The molecule has 2 aromatic rings. The van der Waals surface area contributed by atoms with Gasteiger partial charge in [0, 0.05) is 10.6 Å². The van der Waals surface area contributed by atoms with Crippen molar-refractivity contribution < 1.29 is 5.11 Å². The lowest BCUT2D eigenvalue weighted by Gasteiger charge is -2.09. The zero-order valence-corrected chi connectivity index (χ0v) is 11.8. The first kappa shape index (κ1) is 13.0. The van der Waals surface area contributed by atoms with Crippen LogP contribution in [0.15, 0.2) is 40.6 Å². The molecule has 1 unspecified atom stereocenters. The van der Waals surface area contributed by atoms with E-state index in [1.54, 1.807) is 11.8 Å². The van der Waals surface area contributed by atoms with Crippen LogP contribution in [0.25, 0.3) is 0 Å². The maximum Gasteiger partial charge on any atom is 0.0990 e. The predicted molar refractivity (Wildman–Crippen MR) is 76.2 cm³/mol. The monoisotopic (exact) mass is 284 g/mol. The highest BCUT2D eigenvalue weighted by Gasteiger charge is 2.13. The molecule has 0 aliphatic carbocycles. The number of aryl methyl sites for hydroxylation is 1. The first-order chi connectivity index (χ1) is 8.16. The van der Waals surface area contributed by atoms with Crippen molar-refractivity contribution in [2.75, 3.05) is 5.75 Å². The van der Waals surface area contributed by atoms with Gasteiger partial charge in [-0.3, -0.25) is 0 Å². The van der Waals surface area contributed by atoms with Gasteiger partial charge >= 0.3 is 0 Å². The van der Waals surface area contributed by atoms with Crippen molar-refractivity contribution in [3.05, 3.63) is 51.2 Å². The average molecular weight is 285 g/mol. The summed E-state index contributed by atoms with van der Waals surface area (Å²) in [6, 6.07) is 10.1. The molecule has 0 bridgehead atoms. The van der Waals surface area contributed by atoms with Crippen molar-refractivity contribution in [3.63, 3.8) is 0 Å². The third kappa shape index (κ3) is 3.49. The van der Waals surface area contributed by atoms with E-state index in [1.807, 2.05) is 17.5 Å². The van der Waals surface area contributed by atoms with Crippen LogP contribution in [-0.2, 0) is 0 Å². The Morgan fingerprint density at radius 3 is 2.88 bits per heavy atom. The number of rotatable bonds is 4. The molecule has 0 saturated heterocycles. The zero-order valence-electron chi connectivity index (χ0n) is 9.39. The van der Waals surface area contributed by atoms with Crippen LogP contribution >= 0.6 is 34.7 Å². The van der Waals surface area contributed by atoms with Crippen molar-refractivity contribution in [3.8, 4) is 0 Å². The smallest absolute Gasteiger partial charge is 0.0990 e. The number of hydrogen-bond acceptors (Lipinski definition) is 3. The number of aliphatic hydroxyl groups is 1. The van der Waals surface area contributed by atoms with Gasteiger partial charge in [-0.2, -0.15) is 0 Å². The van der Waals surface area contributed by atoms with Crippen LogP contribution in [0, 0.1) is 6.92 Å². The molecule has 0 aliphatic heterocycles. The SMILES string of the molecule is Cc1cccc(SCC(O)c2sccc2Cl)c1. The maximum atomic E-state index is 10.0. The first-order valence-electron chi connectivity index (χ1n) is 5.27. The Bertz CT molecular complexity index is 496. The fourth-order valence-corrected chi connectivity index (χ4v) is 3.73. The van der Waals surface area contributed by atoms with Gasteiger partial charge in [-0.25, -0.2) is 0 Å². The number of thioether (sulfide) groups is 1. The van der Waals surface area contributed by atoms with Crippen molar-refractivity contribution in [1.29, 1.82) is 0 Å². The molecule has 0 radical (unpaired) electrons. The summed E-state index contributed by atoms with van der Waals surface area (Å²) in [7, 11) is 0. The van der Waals surface area contributed by atoms with E-state index < -0.39 is 6.10 Å². The van der Waals surface area contributed by atoms with E-state index in [0.29, 0.717) is 10.8 Å². The number of aliphatic hydroxyl groups excluding tert-OH is 1. The second-order valence-electron chi connectivity index (χ2n) is 3.78. The third-order valence-corrected chi connectivity index (χ3v) is 4.87. The Kier molecular flexibility index (Phi) is 4.51. The molecule has 17 heavy (non-hydrogen) atoms. The van der Waals surface area contributed by atoms with Gasteiger partial charge in [-0.1, -0.05) is 29.3 Å². The highest BCUT2D eigenvalue weighted by molar-refractivity contribution is 7.99. The van der Waals surface area contributed by atoms with E-state index >= 15 is 0 Å². The summed E-state index contributed by atoms with van der Waals surface area (Å²) < 4.78 is 0. The molecular formula is C13H13ClOS2. The minimum Gasteiger partial charge on any atom is -0.387 e. The van der Waals surface area contributed by atoms with Gasteiger partial charge in [0.25, 0.3) is 0 Å². The zero-order chi connectivity index (χ0) is 12.3. The highest BCUT2D eigenvalue weighted by Crippen LogP contribution is 2.32. The second-order valence-corrected chi connectivity index (χ2v) is 6.22. The number of hydrogen-bond donors (Lipinski definition) is 1. The average Bonchev–Trinajstić information content (AvgIpc) is 2.72. The highest BCUT2D eigenvalue weighted by atomic mass is 35.5. The third-order valence-electron chi connectivity index (χ3n) is 2.34. The molecule has 1 aromatic heterocycles. The van der Waals surface area contributed by atoms with Crippen molar-refractivity contribution in [1.82, 2.24) is 0 Å². The van der Waals surface area contributed by atoms with Gasteiger partial charge in [-0.15, -0.1) is 23.1 Å². The maximum absolute atomic E-state index is 10.0. The van der Waals surface area contributed by atoms with Gasteiger partial charge in [0.2, 0.25) is 0 Å². The largest absolute Gasteiger partial charge is 0.387 e. The molecule has 90 valence electrons. The van der Waals surface area contributed by atoms with Crippen LogP contribution in [0.1, 0.15) is 16.5 Å². The van der Waals surface area contributed by atoms with Crippen molar-refractivity contribution in [2.24, 2.45) is 0 Å². The van der Waals surface area contributed by atoms with Crippen LogP contribution < -0.4 is 0 Å². The minimum atomic E-state index is -0.493. The van der Waals surface area contributed by atoms with Crippen LogP contribution in [0.3, 0.4) is 0 Å². The molecule has 1 N–H and O–H groups in total. The Labute approximate surface area is 114 Å². The molecule has 1 heterocycles. The van der Waals surface area contributed by atoms with Crippen molar-refractivity contribution in [2.45, 2.75) is 17.9 Å². The van der Waals surface area contributed by atoms with Gasteiger partial charge in [0.15, 0.2) is 0 Å². The summed E-state index contributed by atoms with van der Waals surface area (Å²) in [6.07, 6.45) is -0.493. The Balaban J connectivity index is 1.97. The van der Waals surface area contributed by atoms with E-state index in [1.165, 1.54) is 21.8 Å². The molecule has 0 aliphatic rings. The lowest BCUT2D eigenvalue weighted by molar-refractivity contribution is 0.208. The first-order valence-corrected chi connectivity index (χ1v) is 7.51. The summed E-state index contributed by atoms with van der Waals surface area (Å²) in [5.41, 5.74) is 1.23. The fourth-order valence-electron chi connectivity index (χ4n) is 1.50. The summed E-state index contributed by atoms with van der Waals surface area (Å²) in [5, 5.41) is 12.6. The summed E-state index contributed by atoms with van der Waals surface area (Å²) in [4.78, 5) is 2.03. The molecule has 0 fully saturated rings. The summed E-state index contributed by atoms with van der Waals surface area (Å²) in [5.74, 6) is 0.629. The van der Waals surface area contributed by atoms with E-state index in [4.69, 9.17) is 11.6 Å². The molecule has 1 nitrogen and oxygen atoms in total. The van der Waals surface area contributed by atoms with Crippen LogP contribution in [0.4, 0.5) is 0 Å². The quantitative estimate of drug-likeness (QED) is 0.832. The van der Waals surface area contributed by atoms with Crippen LogP contribution in [0.2, 0.25) is 5.02 Å². The molecule has 0 spiro atoms. The van der Waals surface area contributed by atoms with Gasteiger partial charge in [-0.05, 0) is 30.5 Å². The van der Waals surface area contributed by atoms with Gasteiger partial charge < -0.3 is 5.11 Å². The van der Waals surface area contributed by atoms with E-state index in [9.17, 15) is 5.11 Å². The standard InChI is InChI=1S/C13H13ClOS2/c1-9-3-2-4-10(7-9)17-8-12(15)13-11(14)5-6-16-13/h2-7,12,15H,8H2,1H3. The van der Waals surface area contributed by atoms with E-state index in [-0.39, 0.29) is 0 Å². The number of halogens is 1. The molecule has 2 rings (SSSR count). The topological polar surface area (TPSA) is 20.2 Å². The normalized spacial score (nSPS) is 12.6. The van der Waals surface area contributed by atoms with Gasteiger partial charge in [0.05, 0.1) is 16.0 Å². The molecular weight excluding hydrogens is 272 g/mol. The Hall–Kier alpha value is -0.480. The molecule has 0 amide bonds. The van der Waals surface area contributed by atoms with Gasteiger partial charge in [0.1, 0.15) is 0 Å². The second kappa shape index (κ2) is 5.91. The molecule has 0 saturated carbocycles. The Morgan fingerprint density at radius 2 is 2.24 bits per heavy atom. The number of benzene rings is 1. The summed E-state index contributed by atoms with van der Waals surface area (Å²) >= 11 is 9.13. The molecule has 4 heteroatoms. The molecule has 1 aromatic carbocycles. The predicted octanol–water partition coefficient (Wildman–Crippen LogP) is 4.54.